The van der Waals surface area contributed by atoms with Crippen LogP contribution in [0.5, 0.6) is 0 Å². The number of alkyl halides is 3. The van der Waals surface area contributed by atoms with Crippen LogP contribution in [0.2, 0.25) is 5.02 Å². The maximum Gasteiger partial charge on any atom is 0.389 e. The summed E-state index contributed by atoms with van der Waals surface area (Å²) >= 11 is 6.05. The number of carbonyl (C=O) groups is 1. The first-order valence-corrected chi connectivity index (χ1v) is 14.3. The van der Waals surface area contributed by atoms with Gasteiger partial charge in [-0.25, -0.2) is 0 Å². The fourth-order valence-corrected chi connectivity index (χ4v) is 6.04. The van der Waals surface area contributed by atoms with Gasteiger partial charge in [0.2, 0.25) is 0 Å². The number of nitrogens with one attached hydrogen (secondary N) is 1. The standard InChI is InChI=1S/C32H34ClF3N2O3/c1-19-16-24(17-20(2)28(19)21-5-9-25(33)10-6-21)27(13-14-32(34,35)36)37-26-11-7-22(8-12-26)30(39)38-15-3-4-23(18-38)29-31(40)41-29/h5-12,16-17,23,27,29,31,37,40H,3-4,13-15,18H2,1-2H3/t23-,27?,29?,31?/m1/s1. The fraction of sp³-hybridized carbons (Fsp3) is 0.406. The lowest BCUT2D eigenvalue weighted by Gasteiger charge is -2.32. The normalized spacial score (nSPS) is 21.4. The van der Waals surface area contributed by atoms with Crippen LogP contribution in [0.1, 0.15) is 58.8 Å². The number of carbonyl (C=O) groups excluding carboxylic acids is 1. The minimum Gasteiger partial charge on any atom is -0.378 e. The van der Waals surface area contributed by atoms with Crippen LogP contribution in [0.4, 0.5) is 18.9 Å². The van der Waals surface area contributed by atoms with Gasteiger partial charge < -0.3 is 20.1 Å². The molecule has 2 N–H and O–H groups in total. The van der Waals surface area contributed by atoms with E-state index in [9.17, 15) is 23.1 Å². The van der Waals surface area contributed by atoms with Crippen molar-refractivity contribution in [2.75, 3.05) is 18.4 Å². The number of likely N-dealkylation sites (tertiary alicyclic amines) is 1. The van der Waals surface area contributed by atoms with Crippen molar-refractivity contribution < 1.29 is 27.8 Å². The van der Waals surface area contributed by atoms with E-state index in [0.717, 1.165) is 40.7 Å². The van der Waals surface area contributed by atoms with Gasteiger partial charge in [0.15, 0.2) is 6.29 Å². The van der Waals surface area contributed by atoms with Crippen LogP contribution in [0.25, 0.3) is 11.1 Å². The van der Waals surface area contributed by atoms with Crippen molar-refractivity contribution in [1.82, 2.24) is 4.90 Å². The molecule has 1 amide bonds. The lowest BCUT2D eigenvalue weighted by atomic mass is 9.90. The molecule has 3 unspecified atom stereocenters. The molecule has 218 valence electrons. The number of aliphatic hydroxyl groups excluding tert-OH is 1. The molecule has 0 radical (unpaired) electrons. The zero-order valence-electron chi connectivity index (χ0n) is 23.0. The number of nitrogens with zero attached hydrogens (tertiary/aromatic N) is 1. The van der Waals surface area contributed by atoms with Crippen LogP contribution in [0.3, 0.4) is 0 Å². The largest absolute Gasteiger partial charge is 0.389 e. The first-order chi connectivity index (χ1) is 19.5. The molecule has 5 nitrogen and oxygen atoms in total. The third kappa shape index (κ3) is 7.23. The van der Waals surface area contributed by atoms with Gasteiger partial charge in [0.25, 0.3) is 5.91 Å². The maximum atomic E-state index is 13.3. The van der Waals surface area contributed by atoms with Crippen LogP contribution in [-0.4, -0.2) is 47.6 Å². The maximum absolute atomic E-state index is 13.3. The summed E-state index contributed by atoms with van der Waals surface area (Å²) in [5.41, 5.74) is 5.88. The number of hydrogen-bond acceptors (Lipinski definition) is 4. The Labute approximate surface area is 243 Å². The Balaban J connectivity index is 1.33. The number of benzene rings is 3. The van der Waals surface area contributed by atoms with Gasteiger partial charge in [-0.05, 0) is 97.3 Å². The van der Waals surface area contributed by atoms with E-state index in [4.69, 9.17) is 16.3 Å². The average molecular weight is 587 g/mol. The van der Waals surface area contributed by atoms with Crippen molar-refractivity contribution in [3.8, 4) is 11.1 Å². The number of piperidine rings is 1. The van der Waals surface area contributed by atoms with Crippen LogP contribution in [-0.2, 0) is 4.74 Å². The first-order valence-electron chi connectivity index (χ1n) is 13.9. The summed E-state index contributed by atoms with van der Waals surface area (Å²) in [6, 6.07) is 17.7. The monoisotopic (exact) mass is 586 g/mol. The Hall–Kier alpha value is -3.07. The summed E-state index contributed by atoms with van der Waals surface area (Å²) in [4.78, 5) is 14.9. The molecular weight excluding hydrogens is 553 g/mol. The first kappa shape index (κ1) is 29.4. The highest BCUT2D eigenvalue weighted by atomic mass is 35.5. The van der Waals surface area contributed by atoms with Crippen molar-refractivity contribution in [3.63, 3.8) is 0 Å². The van der Waals surface area contributed by atoms with E-state index in [2.05, 4.69) is 5.32 Å². The molecule has 0 bridgehead atoms. The Kier molecular flexibility index (Phi) is 8.64. The number of halogens is 4. The van der Waals surface area contributed by atoms with Crippen LogP contribution in [0, 0.1) is 19.8 Å². The van der Waals surface area contributed by atoms with Gasteiger partial charge in [-0.15, -0.1) is 0 Å². The van der Waals surface area contributed by atoms with Gasteiger partial charge in [-0.1, -0.05) is 35.9 Å². The molecule has 2 aliphatic rings. The molecule has 9 heteroatoms. The third-order valence-corrected chi connectivity index (χ3v) is 8.24. The molecule has 2 aliphatic heterocycles. The second-order valence-electron chi connectivity index (χ2n) is 11.1. The zero-order chi connectivity index (χ0) is 29.3. The molecule has 5 rings (SSSR count). The number of anilines is 1. The van der Waals surface area contributed by atoms with Crippen molar-refractivity contribution in [2.45, 2.75) is 64.1 Å². The SMILES string of the molecule is Cc1cc(C(CCC(F)(F)F)Nc2ccc(C(=O)N3CCC[C@@H](C4OC4O)C3)cc2)cc(C)c1-c1ccc(Cl)cc1. The molecule has 4 atom stereocenters. The highest BCUT2D eigenvalue weighted by Crippen LogP contribution is 2.36. The van der Waals surface area contributed by atoms with Gasteiger partial charge in [-0.2, -0.15) is 13.2 Å². The highest BCUT2D eigenvalue weighted by molar-refractivity contribution is 6.30. The number of amides is 1. The van der Waals surface area contributed by atoms with E-state index in [0.29, 0.717) is 29.4 Å². The Morgan fingerprint density at radius 1 is 1.10 bits per heavy atom. The summed E-state index contributed by atoms with van der Waals surface area (Å²) < 4.78 is 45.0. The third-order valence-electron chi connectivity index (χ3n) is 7.99. The number of aliphatic hydroxyl groups is 1. The molecule has 0 aromatic heterocycles. The lowest BCUT2D eigenvalue weighted by Crippen LogP contribution is -2.41. The minimum absolute atomic E-state index is 0.103. The molecule has 0 saturated carbocycles. The van der Waals surface area contributed by atoms with E-state index in [1.165, 1.54) is 0 Å². The molecule has 2 heterocycles. The molecule has 2 saturated heterocycles. The summed E-state index contributed by atoms with van der Waals surface area (Å²) in [5, 5.41) is 13.5. The number of hydrogen-bond donors (Lipinski definition) is 2. The van der Waals surface area contributed by atoms with Gasteiger partial charge in [0.05, 0.1) is 6.04 Å². The number of ether oxygens (including phenoxy) is 1. The summed E-state index contributed by atoms with van der Waals surface area (Å²) in [5.74, 6) is 0.0186. The van der Waals surface area contributed by atoms with E-state index < -0.39 is 24.9 Å². The van der Waals surface area contributed by atoms with E-state index in [1.54, 1.807) is 29.2 Å². The number of epoxide rings is 1. The smallest absolute Gasteiger partial charge is 0.378 e. The van der Waals surface area contributed by atoms with E-state index in [-0.39, 0.29) is 24.3 Å². The molecule has 3 aromatic carbocycles. The number of aryl methyl sites for hydroxylation is 2. The van der Waals surface area contributed by atoms with E-state index in [1.807, 2.05) is 50.2 Å². The quantitative estimate of drug-likeness (QED) is 0.266. The average Bonchev–Trinajstić information content (AvgIpc) is 3.67. The molecule has 41 heavy (non-hydrogen) atoms. The number of rotatable bonds is 8. The minimum atomic E-state index is -4.28. The predicted octanol–water partition coefficient (Wildman–Crippen LogP) is 7.69. The summed E-state index contributed by atoms with van der Waals surface area (Å²) in [6.45, 7) is 5.10. The zero-order valence-corrected chi connectivity index (χ0v) is 23.8. The van der Waals surface area contributed by atoms with Gasteiger partial charge >= 0.3 is 6.18 Å². The second kappa shape index (κ2) is 12.0. The van der Waals surface area contributed by atoms with E-state index >= 15 is 0 Å². The van der Waals surface area contributed by atoms with Gasteiger partial charge in [0.1, 0.15) is 6.10 Å². The summed E-state index contributed by atoms with van der Waals surface area (Å²) in [7, 11) is 0. The van der Waals surface area contributed by atoms with Crippen molar-refractivity contribution in [2.24, 2.45) is 5.92 Å². The van der Waals surface area contributed by atoms with Gasteiger partial charge in [-0.3, -0.25) is 4.79 Å². The topological polar surface area (TPSA) is 65.1 Å². The highest BCUT2D eigenvalue weighted by Gasteiger charge is 2.45. The second-order valence-corrected chi connectivity index (χ2v) is 11.5. The lowest BCUT2D eigenvalue weighted by molar-refractivity contribution is -0.136. The Morgan fingerprint density at radius 2 is 1.73 bits per heavy atom. The molecule has 0 aliphatic carbocycles. The van der Waals surface area contributed by atoms with Crippen LogP contribution in [0.15, 0.2) is 60.7 Å². The van der Waals surface area contributed by atoms with Crippen molar-refractivity contribution in [1.29, 1.82) is 0 Å². The Morgan fingerprint density at radius 3 is 2.32 bits per heavy atom. The molecule has 3 aromatic rings. The molecular formula is C32H34ClF3N2O3. The molecule has 0 spiro atoms. The van der Waals surface area contributed by atoms with Crippen molar-refractivity contribution in [3.05, 3.63) is 87.9 Å². The predicted molar refractivity (Wildman–Crippen MR) is 154 cm³/mol. The van der Waals surface area contributed by atoms with Crippen LogP contribution < -0.4 is 5.32 Å². The Bertz CT molecular complexity index is 1360. The fourth-order valence-electron chi connectivity index (χ4n) is 5.92. The van der Waals surface area contributed by atoms with Gasteiger partial charge in [0, 0.05) is 41.7 Å². The van der Waals surface area contributed by atoms with Crippen molar-refractivity contribution >= 4 is 23.2 Å². The summed E-state index contributed by atoms with van der Waals surface area (Å²) in [6.07, 6.45) is -4.50. The van der Waals surface area contributed by atoms with Crippen LogP contribution >= 0.6 is 11.6 Å². The molecule has 2 fully saturated rings.